The molecule has 0 radical (unpaired) electrons. The van der Waals surface area contributed by atoms with Gasteiger partial charge in [0.2, 0.25) is 0 Å². The lowest BCUT2D eigenvalue weighted by atomic mass is 10.1. The number of nitrogens with one attached hydrogen (secondary N) is 2. The number of pyridine rings is 1. The molecule has 0 bridgehead atoms. The van der Waals surface area contributed by atoms with Gasteiger partial charge >= 0.3 is 6.03 Å². The average molecular weight is 388 g/mol. The summed E-state index contributed by atoms with van der Waals surface area (Å²) in [6, 6.07) is 12.9. The Balaban J connectivity index is 1.66. The number of hydrogen-bond acceptors (Lipinski definition) is 3. The van der Waals surface area contributed by atoms with Gasteiger partial charge in [0, 0.05) is 10.7 Å². The molecule has 3 rings (SSSR count). The van der Waals surface area contributed by atoms with Crippen molar-refractivity contribution in [1.82, 2.24) is 25.2 Å². The molecule has 0 aliphatic heterocycles. The van der Waals surface area contributed by atoms with E-state index in [2.05, 4.69) is 36.8 Å². The van der Waals surface area contributed by atoms with Crippen LogP contribution in [0.1, 0.15) is 37.3 Å². The van der Waals surface area contributed by atoms with Gasteiger partial charge in [0.05, 0.1) is 12.1 Å². The molecular weight excluding hydrogens is 370 g/mol. The van der Waals surface area contributed by atoms with E-state index in [1.165, 1.54) is 0 Å². The predicted molar refractivity (Wildman–Crippen MR) is 95.6 cm³/mol. The maximum Gasteiger partial charge on any atom is 0.315 e. The number of amides is 2. The Morgan fingerprint density at radius 3 is 2.67 bits per heavy atom. The fraction of sp³-hybridized carbons (Fsp3) is 0.235. The number of carbonyl (C=O) groups excluding carboxylic acids is 1. The molecule has 2 amide bonds. The molecule has 6 nitrogen and oxygen atoms in total. The maximum atomic E-state index is 12.3. The molecule has 0 saturated carbocycles. The topological polar surface area (TPSA) is 71.3 Å². The van der Waals surface area contributed by atoms with Crippen molar-refractivity contribution in [2.24, 2.45) is 0 Å². The van der Waals surface area contributed by atoms with Crippen LogP contribution in [-0.2, 0) is 0 Å². The third kappa shape index (κ3) is 3.56. The molecule has 124 valence electrons. The van der Waals surface area contributed by atoms with E-state index >= 15 is 0 Å². The van der Waals surface area contributed by atoms with E-state index in [9.17, 15) is 4.79 Å². The number of benzene rings is 1. The van der Waals surface area contributed by atoms with Gasteiger partial charge in [0.25, 0.3) is 0 Å². The highest BCUT2D eigenvalue weighted by Crippen LogP contribution is 2.18. The summed E-state index contributed by atoms with van der Waals surface area (Å²) in [5.74, 6) is 0.691. The van der Waals surface area contributed by atoms with Crippen LogP contribution in [0.3, 0.4) is 0 Å². The van der Waals surface area contributed by atoms with Crippen LogP contribution in [0, 0.1) is 0 Å². The Hall–Kier alpha value is -2.41. The van der Waals surface area contributed by atoms with Crippen molar-refractivity contribution in [1.29, 1.82) is 0 Å². The number of fused-ring (bicyclic) bond motifs is 1. The molecule has 2 aromatic heterocycles. The Kier molecular flexibility index (Phi) is 4.80. The molecule has 0 spiro atoms. The van der Waals surface area contributed by atoms with Gasteiger partial charge < -0.3 is 10.6 Å². The number of aromatic nitrogens is 3. The van der Waals surface area contributed by atoms with Crippen LogP contribution in [0.25, 0.3) is 5.65 Å². The Labute approximate surface area is 148 Å². The fourth-order valence-corrected chi connectivity index (χ4v) is 2.93. The van der Waals surface area contributed by atoms with Gasteiger partial charge in [0.1, 0.15) is 0 Å². The first-order valence-corrected chi connectivity index (χ1v) is 8.46. The SMILES string of the molecule is CC(NC(=O)NC(C)c1nnc2ccccn12)c1cccc(Br)c1. The average Bonchev–Trinajstić information content (AvgIpc) is 2.98. The molecule has 0 fully saturated rings. The van der Waals surface area contributed by atoms with E-state index in [4.69, 9.17) is 0 Å². The summed E-state index contributed by atoms with van der Waals surface area (Å²) in [6.07, 6.45) is 1.88. The van der Waals surface area contributed by atoms with Crippen molar-refractivity contribution in [2.75, 3.05) is 0 Å². The van der Waals surface area contributed by atoms with E-state index < -0.39 is 0 Å². The molecule has 24 heavy (non-hydrogen) atoms. The lowest BCUT2D eigenvalue weighted by Crippen LogP contribution is -2.38. The van der Waals surface area contributed by atoms with Crippen molar-refractivity contribution >= 4 is 27.6 Å². The number of urea groups is 1. The van der Waals surface area contributed by atoms with Crippen molar-refractivity contribution < 1.29 is 4.79 Å². The Morgan fingerprint density at radius 1 is 1.08 bits per heavy atom. The highest BCUT2D eigenvalue weighted by atomic mass is 79.9. The third-order valence-corrected chi connectivity index (χ3v) is 4.26. The molecule has 0 aliphatic carbocycles. The maximum absolute atomic E-state index is 12.3. The van der Waals surface area contributed by atoms with Crippen molar-refractivity contribution in [2.45, 2.75) is 25.9 Å². The van der Waals surface area contributed by atoms with Crippen LogP contribution in [-0.4, -0.2) is 20.6 Å². The largest absolute Gasteiger partial charge is 0.332 e. The van der Waals surface area contributed by atoms with Crippen molar-refractivity contribution in [3.63, 3.8) is 0 Å². The summed E-state index contributed by atoms with van der Waals surface area (Å²) in [5, 5.41) is 14.1. The second-order valence-corrected chi connectivity index (χ2v) is 6.52. The molecule has 0 saturated heterocycles. The van der Waals surface area contributed by atoms with Gasteiger partial charge in [0.15, 0.2) is 11.5 Å². The summed E-state index contributed by atoms with van der Waals surface area (Å²) in [6.45, 7) is 3.82. The first kappa shape index (κ1) is 16.4. The molecule has 0 aliphatic rings. The third-order valence-electron chi connectivity index (χ3n) is 3.77. The van der Waals surface area contributed by atoms with E-state index in [0.29, 0.717) is 5.82 Å². The Morgan fingerprint density at radius 2 is 1.88 bits per heavy atom. The van der Waals surface area contributed by atoms with Gasteiger partial charge in [-0.1, -0.05) is 34.1 Å². The van der Waals surface area contributed by atoms with Gasteiger partial charge in [-0.15, -0.1) is 10.2 Å². The first-order chi connectivity index (χ1) is 11.5. The van der Waals surface area contributed by atoms with Gasteiger partial charge in [-0.05, 0) is 43.7 Å². The minimum atomic E-state index is -0.267. The summed E-state index contributed by atoms with van der Waals surface area (Å²) in [5.41, 5.74) is 1.78. The molecule has 2 heterocycles. The van der Waals surface area contributed by atoms with E-state index in [1.54, 1.807) is 0 Å². The summed E-state index contributed by atoms with van der Waals surface area (Å²) in [7, 11) is 0. The van der Waals surface area contributed by atoms with E-state index in [0.717, 1.165) is 15.7 Å². The van der Waals surface area contributed by atoms with Crippen molar-refractivity contribution in [3.8, 4) is 0 Å². The minimum absolute atomic E-state index is 0.107. The molecule has 2 atom stereocenters. The Bertz CT molecular complexity index is 863. The van der Waals surface area contributed by atoms with Crippen LogP contribution < -0.4 is 10.6 Å². The minimum Gasteiger partial charge on any atom is -0.332 e. The number of hydrogen-bond donors (Lipinski definition) is 2. The van der Waals surface area contributed by atoms with Crippen molar-refractivity contribution in [3.05, 3.63) is 64.5 Å². The second-order valence-electron chi connectivity index (χ2n) is 5.60. The number of rotatable bonds is 4. The number of halogens is 1. The molecule has 7 heteroatoms. The highest BCUT2D eigenvalue weighted by molar-refractivity contribution is 9.10. The summed E-state index contributed by atoms with van der Waals surface area (Å²) in [4.78, 5) is 12.3. The van der Waals surface area contributed by atoms with Crippen LogP contribution in [0.15, 0.2) is 53.1 Å². The van der Waals surface area contributed by atoms with Crippen LogP contribution in [0.5, 0.6) is 0 Å². The summed E-state index contributed by atoms with van der Waals surface area (Å²) < 4.78 is 2.85. The van der Waals surface area contributed by atoms with Gasteiger partial charge in [-0.3, -0.25) is 4.40 Å². The second kappa shape index (κ2) is 7.00. The summed E-state index contributed by atoms with van der Waals surface area (Å²) >= 11 is 3.44. The zero-order valence-electron chi connectivity index (χ0n) is 13.4. The number of carbonyl (C=O) groups is 1. The monoisotopic (exact) mass is 387 g/mol. The van der Waals surface area contributed by atoms with E-state index in [1.807, 2.05) is 66.9 Å². The smallest absolute Gasteiger partial charge is 0.315 e. The van der Waals surface area contributed by atoms with Gasteiger partial charge in [-0.25, -0.2) is 4.79 Å². The van der Waals surface area contributed by atoms with Crippen LogP contribution in [0.4, 0.5) is 4.79 Å². The van der Waals surface area contributed by atoms with Crippen LogP contribution >= 0.6 is 15.9 Å². The zero-order valence-corrected chi connectivity index (χ0v) is 15.0. The molecule has 2 N–H and O–H groups in total. The molecule has 2 unspecified atom stereocenters. The zero-order chi connectivity index (χ0) is 17.1. The predicted octanol–water partition coefficient (Wildman–Crippen LogP) is 3.61. The molecule has 3 aromatic rings. The van der Waals surface area contributed by atoms with E-state index in [-0.39, 0.29) is 18.1 Å². The fourth-order valence-electron chi connectivity index (χ4n) is 2.51. The normalized spacial score (nSPS) is 13.5. The number of nitrogens with zero attached hydrogens (tertiary/aromatic N) is 3. The standard InChI is InChI=1S/C17H18BrN5O/c1-11(13-6-5-7-14(18)10-13)19-17(24)20-12(2)16-22-21-15-8-3-4-9-23(15)16/h3-12H,1-2H3,(H2,19,20,24). The van der Waals surface area contributed by atoms with Gasteiger partial charge in [-0.2, -0.15) is 0 Å². The quantitative estimate of drug-likeness (QED) is 0.717. The molecular formula is C17H18BrN5O. The highest BCUT2D eigenvalue weighted by Gasteiger charge is 2.17. The lowest BCUT2D eigenvalue weighted by Gasteiger charge is -2.18. The molecule has 1 aromatic carbocycles. The lowest BCUT2D eigenvalue weighted by molar-refractivity contribution is 0.234. The van der Waals surface area contributed by atoms with Crippen LogP contribution in [0.2, 0.25) is 0 Å². The first-order valence-electron chi connectivity index (χ1n) is 7.67.